The zero-order valence-corrected chi connectivity index (χ0v) is 10.9. The van der Waals surface area contributed by atoms with Gasteiger partial charge in [-0.25, -0.2) is 4.79 Å². The molecule has 1 heterocycles. The molecular weight excluding hydrogens is 260 g/mol. The molecule has 0 saturated carbocycles. The maximum absolute atomic E-state index is 10.9. The largest absolute Gasteiger partial charge is 0.477 e. The summed E-state index contributed by atoms with van der Waals surface area (Å²) in [6.07, 6.45) is 0.382. The summed E-state index contributed by atoms with van der Waals surface area (Å²) >= 11 is 1.19. The Labute approximate surface area is 115 Å². The van der Waals surface area contributed by atoms with E-state index >= 15 is 0 Å². The molecule has 0 radical (unpaired) electrons. The number of nitriles is 1. The highest BCUT2D eigenvalue weighted by atomic mass is 32.1. The third kappa shape index (κ3) is 3.12. The van der Waals surface area contributed by atoms with Crippen LogP contribution in [0, 0.1) is 11.3 Å². The van der Waals surface area contributed by atoms with Crippen molar-refractivity contribution >= 4 is 28.7 Å². The topological polar surface area (TPSA) is 64.3 Å². The first-order valence-corrected chi connectivity index (χ1v) is 6.61. The van der Waals surface area contributed by atoms with Crippen molar-refractivity contribution in [2.24, 2.45) is 0 Å². The minimum absolute atomic E-state index is 0.299. The standard InChI is InChI=1S/C14H12N2O2S/c15-7-4-8-16(11-5-2-1-3-6-11)12-9-13(14(17)18)19-10-12/h1-3,5-6,9-10H,4,8H2,(H,17,18). The van der Waals surface area contributed by atoms with Gasteiger partial charge in [0.1, 0.15) is 4.88 Å². The van der Waals surface area contributed by atoms with Gasteiger partial charge < -0.3 is 10.0 Å². The Morgan fingerprint density at radius 1 is 1.32 bits per heavy atom. The number of carboxylic acid groups (broad SMARTS) is 1. The minimum Gasteiger partial charge on any atom is -0.477 e. The maximum atomic E-state index is 10.9. The number of nitrogens with zero attached hydrogens (tertiary/aromatic N) is 2. The molecule has 0 unspecified atom stereocenters. The molecule has 0 saturated heterocycles. The molecule has 0 amide bonds. The summed E-state index contributed by atoms with van der Waals surface area (Å²) in [6.45, 7) is 0.538. The highest BCUT2D eigenvalue weighted by Crippen LogP contribution is 2.29. The Morgan fingerprint density at radius 2 is 2.05 bits per heavy atom. The van der Waals surface area contributed by atoms with E-state index in [9.17, 15) is 4.79 Å². The lowest BCUT2D eigenvalue weighted by atomic mass is 10.2. The summed E-state index contributed by atoms with van der Waals surface area (Å²) in [5.41, 5.74) is 1.76. The molecule has 0 aliphatic carbocycles. The number of para-hydroxylation sites is 1. The molecule has 1 aromatic heterocycles. The summed E-state index contributed by atoms with van der Waals surface area (Å²) < 4.78 is 0. The van der Waals surface area contributed by atoms with Crippen molar-refractivity contribution in [2.75, 3.05) is 11.4 Å². The number of anilines is 2. The highest BCUT2D eigenvalue weighted by molar-refractivity contribution is 7.12. The molecule has 0 fully saturated rings. The van der Waals surface area contributed by atoms with Crippen LogP contribution in [0.2, 0.25) is 0 Å². The van der Waals surface area contributed by atoms with Gasteiger partial charge in [0.2, 0.25) is 0 Å². The van der Waals surface area contributed by atoms with Crippen LogP contribution < -0.4 is 4.90 Å². The van der Waals surface area contributed by atoms with E-state index in [1.165, 1.54) is 11.3 Å². The van der Waals surface area contributed by atoms with Crippen molar-refractivity contribution in [1.82, 2.24) is 0 Å². The van der Waals surface area contributed by atoms with Gasteiger partial charge in [0.05, 0.1) is 18.2 Å². The lowest BCUT2D eigenvalue weighted by Gasteiger charge is -2.22. The molecule has 5 heteroatoms. The summed E-state index contributed by atoms with van der Waals surface area (Å²) in [5, 5.41) is 19.5. The molecule has 0 aliphatic heterocycles. The second kappa shape index (κ2) is 6.03. The summed E-state index contributed by atoms with van der Waals surface area (Å²) in [7, 11) is 0. The number of carbonyl (C=O) groups is 1. The average molecular weight is 272 g/mol. The van der Waals surface area contributed by atoms with Crippen LogP contribution in [0.25, 0.3) is 0 Å². The number of rotatable bonds is 5. The van der Waals surface area contributed by atoms with E-state index in [1.54, 1.807) is 11.4 Å². The quantitative estimate of drug-likeness (QED) is 0.904. The Balaban J connectivity index is 2.32. The first kappa shape index (κ1) is 13.1. The Hall–Kier alpha value is -2.32. The van der Waals surface area contributed by atoms with Gasteiger partial charge in [-0.05, 0) is 18.2 Å². The molecule has 0 atom stereocenters. The lowest BCUT2D eigenvalue weighted by molar-refractivity contribution is 0.0702. The minimum atomic E-state index is -0.926. The smallest absolute Gasteiger partial charge is 0.345 e. The van der Waals surface area contributed by atoms with E-state index < -0.39 is 5.97 Å². The SMILES string of the molecule is N#CCCN(c1ccccc1)c1csc(C(=O)O)c1. The van der Waals surface area contributed by atoms with E-state index in [-0.39, 0.29) is 0 Å². The Kier molecular flexibility index (Phi) is 4.16. The van der Waals surface area contributed by atoms with Crippen LogP contribution in [0.4, 0.5) is 11.4 Å². The normalized spacial score (nSPS) is 9.84. The van der Waals surface area contributed by atoms with Gasteiger partial charge in [-0.2, -0.15) is 5.26 Å². The van der Waals surface area contributed by atoms with Gasteiger partial charge in [0, 0.05) is 17.6 Å². The molecule has 4 nitrogen and oxygen atoms in total. The zero-order valence-electron chi connectivity index (χ0n) is 10.1. The number of thiophene rings is 1. The predicted molar refractivity (Wildman–Crippen MR) is 75.0 cm³/mol. The first-order valence-electron chi connectivity index (χ1n) is 5.73. The van der Waals surface area contributed by atoms with Crippen LogP contribution in [0.1, 0.15) is 16.1 Å². The number of benzene rings is 1. The third-order valence-electron chi connectivity index (χ3n) is 2.62. The van der Waals surface area contributed by atoms with Gasteiger partial charge in [0.25, 0.3) is 0 Å². The van der Waals surface area contributed by atoms with Crippen molar-refractivity contribution in [3.8, 4) is 6.07 Å². The molecular formula is C14H12N2O2S. The van der Waals surface area contributed by atoms with Crippen LogP contribution >= 0.6 is 11.3 Å². The van der Waals surface area contributed by atoms with Gasteiger partial charge >= 0.3 is 5.97 Å². The van der Waals surface area contributed by atoms with Crippen molar-refractivity contribution in [3.05, 3.63) is 46.7 Å². The van der Waals surface area contributed by atoms with Crippen LogP contribution in [-0.4, -0.2) is 17.6 Å². The summed E-state index contributed by atoms with van der Waals surface area (Å²) in [6, 6.07) is 13.4. The molecule has 2 rings (SSSR count). The van der Waals surface area contributed by atoms with Crippen LogP contribution in [-0.2, 0) is 0 Å². The lowest BCUT2D eigenvalue weighted by Crippen LogP contribution is -2.17. The van der Waals surface area contributed by atoms with Gasteiger partial charge in [0.15, 0.2) is 0 Å². The fourth-order valence-electron chi connectivity index (χ4n) is 1.76. The molecule has 0 spiro atoms. The number of hydrogen-bond donors (Lipinski definition) is 1. The van der Waals surface area contributed by atoms with Crippen molar-refractivity contribution in [3.63, 3.8) is 0 Å². The van der Waals surface area contributed by atoms with Crippen LogP contribution in [0.15, 0.2) is 41.8 Å². The maximum Gasteiger partial charge on any atom is 0.345 e. The zero-order chi connectivity index (χ0) is 13.7. The van der Waals surface area contributed by atoms with E-state index in [0.29, 0.717) is 17.8 Å². The van der Waals surface area contributed by atoms with E-state index in [1.807, 2.05) is 35.2 Å². The predicted octanol–water partition coefficient (Wildman–Crippen LogP) is 3.50. The monoisotopic (exact) mass is 272 g/mol. The first-order chi connectivity index (χ1) is 9.22. The number of aromatic carboxylic acids is 1. The second-order valence-corrected chi connectivity index (χ2v) is 4.78. The molecule has 0 bridgehead atoms. The Bertz CT molecular complexity index is 601. The summed E-state index contributed by atoms with van der Waals surface area (Å²) in [4.78, 5) is 13.2. The van der Waals surface area contributed by atoms with Crippen LogP contribution in [0.3, 0.4) is 0 Å². The second-order valence-electron chi connectivity index (χ2n) is 3.87. The van der Waals surface area contributed by atoms with Gasteiger partial charge in [-0.15, -0.1) is 11.3 Å². The van der Waals surface area contributed by atoms with E-state index in [0.717, 1.165) is 11.4 Å². The van der Waals surface area contributed by atoms with E-state index in [4.69, 9.17) is 10.4 Å². The highest BCUT2D eigenvalue weighted by Gasteiger charge is 2.13. The average Bonchev–Trinajstić information content (AvgIpc) is 2.90. The van der Waals surface area contributed by atoms with Gasteiger partial charge in [-0.1, -0.05) is 18.2 Å². The molecule has 1 aromatic carbocycles. The molecule has 0 aliphatic rings. The Morgan fingerprint density at radius 3 is 2.63 bits per heavy atom. The number of hydrogen-bond acceptors (Lipinski definition) is 4. The fourth-order valence-corrected chi connectivity index (χ4v) is 2.49. The molecule has 19 heavy (non-hydrogen) atoms. The third-order valence-corrected chi connectivity index (χ3v) is 3.53. The number of carboxylic acids is 1. The molecule has 1 N–H and O–H groups in total. The molecule has 2 aromatic rings. The van der Waals surface area contributed by atoms with Crippen molar-refractivity contribution < 1.29 is 9.90 Å². The van der Waals surface area contributed by atoms with Gasteiger partial charge in [-0.3, -0.25) is 0 Å². The van der Waals surface area contributed by atoms with Crippen LogP contribution in [0.5, 0.6) is 0 Å². The van der Waals surface area contributed by atoms with Crippen molar-refractivity contribution in [1.29, 1.82) is 5.26 Å². The van der Waals surface area contributed by atoms with E-state index in [2.05, 4.69) is 6.07 Å². The molecule has 96 valence electrons. The fraction of sp³-hybridized carbons (Fsp3) is 0.143. The van der Waals surface area contributed by atoms with Crippen molar-refractivity contribution in [2.45, 2.75) is 6.42 Å². The summed E-state index contributed by atoms with van der Waals surface area (Å²) in [5.74, 6) is -0.926.